The summed E-state index contributed by atoms with van der Waals surface area (Å²) in [5.41, 5.74) is 1.20. The van der Waals surface area contributed by atoms with Crippen molar-refractivity contribution in [3.8, 4) is 0 Å². The molecule has 1 aliphatic rings. The van der Waals surface area contributed by atoms with Crippen molar-refractivity contribution in [2.45, 2.75) is 0 Å². The Kier molecular flexibility index (Phi) is 5.54. The molecule has 2 aromatic carbocycles. The summed E-state index contributed by atoms with van der Waals surface area (Å²) in [6, 6.07) is 10.8. The van der Waals surface area contributed by atoms with E-state index in [0.29, 0.717) is 26.1 Å². The average Bonchev–Trinajstić information content (AvgIpc) is 2.84. The lowest BCUT2D eigenvalue weighted by molar-refractivity contribution is -0.122. The number of hydrogen-bond donors (Lipinski definition) is 0. The molecule has 0 radical (unpaired) electrons. The van der Waals surface area contributed by atoms with Gasteiger partial charge in [0.05, 0.1) is 11.1 Å². The first kappa shape index (κ1) is 18.1. The molecule has 0 N–H and O–H groups in total. The van der Waals surface area contributed by atoms with Crippen LogP contribution in [0.1, 0.15) is 11.1 Å². The Bertz CT molecular complexity index is 893. The predicted octanol–water partition coefficient (Wildman–Crippen LogP) is 5.37. The van der Waals surface area contributed by atoms with Crippen molar-refractivity contribution in [3.63, 3.8) is 0 Å². The first-order chi connectivity index (χ1) is 12.0. The summed E-state index contributed by atoms with van der Waals surface area (Å²) < 4.78 is 13.2. The molecule has 126 valence electrons. The number of thioether (sulfide) groups is 1. The third-order valence-electron chi connectivity index (χ3n) is 3.24. The van der Waals surface area contributed by atoms with Gasteiger partial charge in [-0.3, -0.25) is 4.79 Å². The standard InChI is InChI=1S/C17H9Cl2FN2OS2/c18-13-2-1-3-14(19)12(13)8-15-16(23)22(17(24)25-15)21-9-10-4-6-11(20)7-5-10/h1-9H/b15-8+,21-9+. The number of halogens is 3. The molecule has 1 saturated heterocycles. The highest BCUT2D eigenvalue weighted by Gasteiger charge is 2.32. The molecular formula is C17H9Cl2FN2OS2. The molecule has 0 saturated carbocycles. The molecule has 1 fully saturated rings. The third kappa shape index (κ3) is 4.10. The van der Waals surface area contributed by atoms with E-state index in [1.165, 1.54) is 18.3 Å². The molecule has 3 nitrogen and oxygen atoms in total. The van der Waals surface area contributed by atoms with Gasteiger partial charge in [-0.05, 0) is 48.1 Å². The van der Waals surface area contributed by atoms with Gasteiger partial charge in [0.2, 0.25) is 0 Å². The minimum absolute atomic E-state index is 0.290. The van der Waals surface area contributed by atoms with Crippen molar-refractivity contribution >= 4 is 69.7 Å². The van der Waals surface area contributed by atoms with Crippen LogP contribution in [0.3, 0.4) is 0 Å². The number of carbonyl (C=O) groups is 1. The molecule has 0 bridgehead atoms. The first-order valence-electron chi connectivity index (χ1n) is 6.97. The number of hydrogen-bond acceptors (Lipinski definition) is 4. The highest BCUT2D eigenvalue weighted by atomic mass is 35.5. The second-order valence-corrected chi connectivity index (χ2v) is 7.42. The molecule has 1 heterocycles. The number of hydrazone groups is 1. The van der Waals surface area contributed by atoms with Gasteiger partial charge in [-0.25, -0.2) is 4.39 Å². The van der Waals surface area contributed by atoms with Gasteiger partial charge in [-0.2, -0.15) is 10.1 Å². The summed E-state index contributed by atoms with van der Waals surface area (Å²) in [6.07, 6.45) is 3.03. The third-order valence-corrected chi connectivity index (χ3v) is 5.18. The van der Waals surface area contributed by atoms with Gasteiger partial charge in [0.25, 0.3) is 5.91 Å². The number of amides is 1. The van der Waals surface area contributed by atoms with Crippen molar-refractivity contribution in [1.29, 1.82) is 0 Å². The van der Waals surface area contributed by atoms with Crippen molar-refractivity contribution in [3.05, 3.63) is 74.4 Å². The number of nitrogens with zero attached hydrogens (tertiary/aromatic N) is 2. The summed E-state index contributed by atoms with van der Waals surface area (Å²) in [5, 5.41) is 6.08. The second kappa shape index (κ2) is 7.66. The molecule has 8 heteroatoms. The van der Waals surface area contributed by atoms with E-state index in [2.05, 4.69) is 5.10 Å². The minimum Gasteiger partial charge on any atom is -0.266 e. The van der Waals surface area contributed by atoms with E-state index in [9.17, 15) is 9.18 Å². The molecule has 2 aromatic rings. The van der Waals surface area contributed by atoms with Gasteiger partial charge in [0.1, 0.15) is 5.82 Å². The van der Waals surface area contributed by atoms with Crippen molar-refractivity contribution < 1.29 is 9.18 Å². The summed E-state index contributed by atoms with van der Waals surface area (Å²) in [7, 11) is 0. The lowest BCUT2D eigenvalue weighted by Crippen LogP contribution is -2.22. The second-order valence-electron chi connectivity index (χ2n) is 4.92. The van der Waals surface area contributed by atoms with Crippen LogP contribution < -0.4 is 0 Å². The Labute approximate surface area is 163 Å². The molecule has 3 rings (SSSR count). The molecule has 0 aromatic heterocycles. The monoisotopic (exact) mass is 410 g/mol. The van der Waals surface area contributed by atoms with Crippen LogP contribution in [0.2, 0.25) is 10.0 Å². The molecule has 1 amide bonds. The quantitative estimate of drug-likeness (QED) is 0.387. The fourth-order valence-electron chi connectivity index (χ4n) is 2.01. The summed E-state index contributed by atoms with van der Waals surface area (Å²) in [4.78, 5) is 12.9. The van der Waals surface area contributed by atoms with Crippen LogP contribution in [0.5, 0.6) is 0 Å². The number of thiocarbonyl (C=S) groups is 1. The smallest absolute Gasteiger partial charge is 0.266 e. The molecule has 0 spiro atoms. The van der Waals surface area contributed by atoms with E-state index in [-0.39, 0.29) is 16.0 Å². The Morgan fingerprint density at radius 2 is 1.76 bits per heavy atom. The highest BCUT2D eigenvalue weighted by molar-refractivity contribution is 8.26. The van der Waals surface area contributed by atoms with Crippen LogP contribution in [-0.4, -0.2) is 21.5 Å². The van der Waals surface area contributed by atoms with Crippen molar-refractivity contribution in [2.24, 2.45) is 5.10 Å². The number of carbonyl (C=O) groups excluding carboxylic acids is 1. The van der Waals surface area contributed by atoms with E-state index in [1.54, 1.807) is 36.4 Å². The lowest BCUT2D eigenvalue weighted by Gasteiger charge is -2.06. The number of rotatable bonds is 3. The van der Waals surface area contributed by atoms with Crippen molar-refractivity contribution in [1.82, 2.24) is 5.01 Å². The summed E-state index contributed by atoms with van der Waals surface area (Å²) in [5.74, 6) is -0.716. The molecule has 25 heavy (non-hydrogen) atoms. The van der Waals surface area contributed by atoms with Crippen LogP contribution in [0.4, 0.5) is 4.39 Å². The van der Waals surface area contributed by atoms with Gasteiger partial charge >= 0.3 is 0 Å². The molecule has 0 atom stereocenters. The zero-order chi connectivity index (χ0) is 18.0. The largest absolute Gasteiger partial charge is 0.286 e. The fraction of sp³-hybridized carbons (Fsp3) is 0. The maximum Gasteiger partial charge on any atom is 0.286 e. The maximum absolute atomic E-state index is 12.9. The van der Waals surface area contributed by atoms with Gasteiger partial charge in [0, 0.05) is 15.6 Å². The van der Waals surface area contributed by atoms with Gasteiger partial charge in [0.15, 0.2) is 4.32 Å². The first-order valence-corrected chi connectivity index (χ1v) is 8.95. The van der Waals surface area contributed by atoms with E-state index >= 15 is 0 Å². The normalized spacial score (nSPS) is 16.4. The molecule has 0 unspecified atom stereocenters. The topological polar surface area (TPSA) is 32.7 Å². The molecule has 0 aliphatic carbocycles. The fourth-order valence-corrected chi connectivity index (χ4v) is 3.67. The minimum atomic E-state index is -0.371. The van der Waals surface area contributed by atoms with Crippen LogP contribution in [0.25, 0.3) is 6.08 Å². The Balaban J connectivity index is 1.85. The maximum atomic E-state index is 12.9. The zero-order valence-corrected chi connectivity index (χ0v) is 15.6. The van der Waals surface area contributed by atoms with E-state index in [0.717, 1.165) is 16.8 Å². The van der Waals surface area contributed by atoms with Crippen molar-refractivity contribution in [2.75, 3.05) is 0 Å². The van der Waals surface area contributed by atoms with Gasteiger partial charge in [-0.1, -0.05) is 53.2 Å². The number of benzene rings is 2. The predicted molar refractivity (Wildman–Crippen MR) is 105 cm³/mol. The summed E-state index contributed by atoms with van der Waals surface area (Å²) >= 11 is 18.6. The Morgan fingerprint density at radius 1 is 1.12 bits per heavy atom. The zero-order valence-electron chi connectivity index (χ0n) is 12.4. The van der Waals surface area contributed by atoms with Gasteiger partial charge in [-0.15, -0.1) is 0 Å². The van der Waals surface area contributed by atoms with Crippen LogP contribution in [0, 0.1) is 5.82 Å². The Hall–Kier alpha value is -1.73. The average molecular weight is 411 g/mol. The highest BCUT2D eigenvalue weighted by Crippen LogP contribution is 2.35. The van der Waals surface area contributed by atoms with Crippen LogP contribution in [-0.2, 0) is 4.79 Å². The van der Waals surface area contributed by atoms with E-state index in [4.69, 9.17) is 35.4 Å². The Morgan fingerprint density at radius 3 is 2.40 bits per heavy atom. The van der Waals surface area contributed by atoms with Crippen LogP contribution >= 0.6 is 47.2 Å². The van der Waals surface area contributed by atoms with Crippen LogP contribution in [0.15, 0.2) is 52.5 Å². The lowest BCUT2D eigenvalue weighted by atomic mass is 10.2. The molecular weight excluding hydrogens is 402 g/mol. The summed E-state index contributed by atoms with van der Waals surface area (Å²) in [6.45, 7) is 0. The van der Waals surface area contributed by atoms with Gasteiger partial charge < -0.3 is 0 Å². The van der Waals surface area contributed by atoms with E-state index < -0.39 is 0 Å². The van der Waals surface area contributed by atoms with E-state index in [1.807, 2.05) is 0 Å². The molecule has 1 aliphatic heterocycles. The SMILES string of the molecule is O=C1/C(=C\c2c(Cl)cccc2Cl)SC(=S)N1/N=C/c1ccc(F)cc1.